The molecule has 4 heteroatoms. The molecule has 0 aromatic heterocycles. The highest BCUT2D eigenvalue weighted by molar-refractivity contribution is 5.78. The lowest BCUT2D eigenvalue weighted by Crippen LogP contribution is -2.27. The first-order valence-corrected chi connectivity index (χ1v) is 5.45. The topological polar surface area (TPSA) is 72.4 Å². The van der Waals surface area contributed by atoms with Gasteiger partial charge in [0.05, 0.1) is 0 Å². The maximum atomic E-state index is 11.5. The van der Waals surface area contributed by atoms with E-state index in [9.17, 15) is 4.79 Å². The molecule has 1 amide bonds. The fourth-order valence-corrected chi connectivity index (χ4v) is 1.95. The molecule has 1 aliphatic heterocycles. The number of carbonyl (C=O) groups is 1. The number of carbonyl (C=O) groups excluding carboxylic acids is 1. The largest absolute Gasteiger partial charge is 0.342 e. The molecule has 0 spiro atoms. The lowest BCUT2D eigenvalue weighted by molar-refractivity contribution is -0.127. The fourth-order valence-electron chi connectivity index (χ4n) is 1.95. The molecule has 0 saturated carbocycles. The number of nitrogens with two attached hydrogens (primary N) is 2. The zero-order valence-corrected chi connectivity index (χ0v) is 8.74. The highest BCUT2D eigenvalue weighted by Crippen LogP contribution is 2.21. The summed E-state index contributed by atoms with van der Waals surface area (Å²) >= 11 is 0. The Labute approximate surface area is 85.6 Å². The van der Waals surface area contributed by atoms with Gasteiger partial charge in [-0.1, -0.05) is 0 Å². The molecule has 0 radical (unpaired) electrons. The van der Waals surface area contributed by atoms with Crippen molar-refractivity contribution in [2.75, 3.05) is 26.2 Å². The number of hydrogen-bond acceptors (Lipinski definition) is 3. The number of rotatable bonds is 6. The van der Waals surface area contributed by atoms with Crippen molar-refractivity contribution in [2.24, 2.45) is 17.4 Å². The smallest absolute Gasteiger partial charge is 0.222 e. The Kier molecular flexibility index (Phi) is 4.90. The van der Waals surface area contributed by atoms with Gasteiger partial charge in [0.2, 0.25) is 5.91 Å². The molecule has 14 heavy (non-hydrogen) atoms. The molecule has 0 aromatic rings. The van der Waals surface area contributed by atoms with Crippen LogP contribution in [0.2, 0.25) is 0 Å². The summed E-state index contributed by atoms with van der Waals surface area (Å²) in [4.78, 5) is 13.4. The maximum Gasteiger partial charge on any atom is 0.222 e. The molecule has 1 atom stereocenters. The quantitative estimate of drug-likeness (QED) is 0.628. The van der Waals surface area contributed by atoms with Gasteiger partial charge in [0.25, 0.3) is 0 Å². The normalized spacial score (nSPS) is 22.0. The lowest BCUT2D eigenvalue weighted by Gasteiger charge is -2.15. The third kappa shape index (κ3) is 3.27. The number of nitrogens with zero attached hydrogens (tertiary/aromatic N) is 1. The van der Waals surface area contributed by atoms with E-state index in [1.807, 2.05) is 4.90 Å². The van der Waals surface area contributed by atoms with E-state index in [1.54, 1.807) is 0 Å². The van der Waals surface area contributed by atoms with Crippen LogP contribution in [-0.2, 0) is 4.79 Å². The van der Waals surface area contributed by atoms with Gasteiger partial charge in [-0.2, -0.15) is 0 Å². The van der Waals surface area contributed by atoms with Crippen molar-refractivity contribution in [3.8, 4) is 0 Å². The maximum absolute atomic E-state index is 11.5. The summed E-state index contributed by atoms with van der Waals surface area (Å²) in [6.45, 7) is 3.14. The first kappa shape index (κ1) is 11.5. The summed E-state index contributed by atoms with van der Waals surface area (Å²) in [5.74, 6) is 0.823. The second-order valence-corrected chi connectivity index (χ2v) is 3.98. The van der Waals surface area contributed by atoms with Gasteiger partial charge in [-0.05, 0) is 38.3 Å². The Bertz CT molecular complexity index is 184. The van der Waals surface area contributed by atoms with Crippen molar-refractivity contribution >= 4 is 5.91 Å². The SMILES string of the molecule is NCCCC1CC(=O)N(CCCN)C1. The monoisotopic (exact) mass is 199 g/mol. The lowest BCUT2D eigenvalue weighted by atomic mass is 10.0. The summed E-state index contributed by atoms with van der Waals surface area (Å²) in [5.41, 5.74) is 10.9. The highest BCUT2D eigenvalue weighted by Gasteiger charge is 2.28. The van der Waals surface area contributed by atoms with Crippen molar-refractivity contribution in [1.82, 2.24) is 4.90 Å². The minimum atomic E-state index is 0.292. The fraction of sp³-hybridized carbons (Fsp3) is 0.900. The highest BCUT2D eigenvalue weighted by atomic mass is 16.2. The minimum absolute atomic E-state index is 0.292. The van der Waals surface area contributed by atoms with Crippen molar-refractivity contribution in [3.05, 3.63) is 0 Å². The standard InChI is InChI=1S/C10H21N3O/c11-4-1-3-9-7-10(14)13(8-9)6-2-5-12/h9H,1-8,11-12H2. The zero-order chi connectivity index (χ0) is 10.4. The molecule has 1 unspecified atom stereocenters. The Morgan fingerprint density at radius 3 is 2.64 bits per heavy atom. The van der Waals surface area contributed by atoms with Crippen molar-refractivity contribution in [2.45, 2.75) is 25.7 Å². The van der Waals surface area contributed by atoms with Crippen LogP contribution < -0.4 is 11.5 Å². The van der Waals surface area contributed by atoms with Gasteiger partial charge in [0, 0.05) is 19.5 Å². The van der Waals surface area contributed by atoms with Crippen molar-refractivity contribution in [3.63, 3.8) is 0 Å². The van der Waals surface area contributed by atoms with E-state index in [1.165, 1.54) is 0 Å². The molecular weight excluding hydrogens is 178 g/mol. The average Bonchev–Trinajstić information content (AvgIpc) is 2.53. The first-order chi connectivity index (χ1) is 6.77. The van der Waals surface area contributed by atoms with Crippen LogP contribution in [0, 0.1) is 5.92 Å². The Morgan fingerprint density at radius 1 is 1.29 bits per heavy atom. The van der Waals surface area contributed by atoms with Crippen molar-refractivity contribution in [1.29, 1.82) is 0 Å². The van der Waals surface area contributed by atoms with E-state index in [2.05, 4.69) is 0 Å². The van der Waals surface area contributed by atoms with Gasteiger partial charge in [0.1, 0.15) is 0 Å². The van der Waals surface area contributed by atoms with Gasteiger partial charge in [0.15, 0.2) is 0 Å². The van der Waals surface area contributed by atoms with Crippen LogP contribution in [0.25, 0.3) is 0 Å². The van der Waals surface area contributed by atoms with Crippen LogP contribution in [-0.4, -0.2) is 37.0 Å². The summed E-state index contributed by atoms with van der Waals surface area (Å²) < 4.78 is 0. The Morgan fingerprint density at radius 2 is 2.00 bits per heavy atom. The van der Waals surface area contributed by atoms with Crippen LogP contribution >= 0.6 is 0 Å². The van der Waals surface area contributed by atoms with Crippen molar-refractivity contribution < 1.29 is 4.79 Å². The first-order valence-electron chi connectivity index (χ1n) is 5.45. The molecule has 1 rings (SSSR count). The van der Waals surface area contributed by atoms with Gasteiger partial charge in [-0.25, -0.2) is 0 Å². The van der Waals surface area contributed by atoms with Gasteiger partial charge < -0.3 is 16.4 Å². The number of hydrogen-bond donors (Lipinski definition) is 2. The molecule has 4 N–H and O–H groups in total. The Hall–Kier alpha value is -0.610. The van der Waals surface area contributed by atoms with Gasteiger partial charge in [-0.15, -0.1) is 0 Å². The van der Waals surface area contributed by atoms with Crippen LogP contribution in [0.15, 0.2) is 0 Å². The molecular formula is C10H21N3O. The molecule has 0 aliphatic carbocycles. The number of likely N-dealkylation sites (tertiary alicyclic amines) is 1. The van der Waals surface area contributed by atoms with E-state index >= 15 is 0 Å². The molecule has 1 heterocycles. The van der Waals surface area contributed by atoms with E-state index in [0.29, 0.717) is 24.8 Å². The second kappa shape index (κ2) is 5.98. The molecule has 4 nitrogen and oxygen atoms in total. The summed E-state index contributed by atoms with van der Waals surface area (Å²) in [6, 6.07) is 0. The summed E-state index contributed by atoms with van der Waals surface area (Å²) in [7, 11) is 0. The predicted octanol–water partition coefficient (Wildman–Crippen LogP) is -0.0774. The minimum Gasteiger partial charge on any atom is -0.342 e. The summed E-state index contributed by atoms with van der Waals surface area (Å²) in [6.07, 6.45) is 3.74. The van der Waals surface area contributed by atoms with Crippen LogP contribution in [0.5, 0.6) is 0 Å². The molecule has 0 aromatic carbocycles. The van der Waals surface area contributed by atoms with Crippen LogP contribution in [0.3, 0.4) is 0 Å². The Balaban J connectivity index is 2.24. The molecule has 0 bridgehead atoms. The molecule has 1 aliphatic rings. The van der Waals surface area contributed by atoms with E-state index < -0.39 is 0 Å². The van der Waals surface area contributed by atoms with E-state index in [-0.39, 0.29) is 0 Å². The van der Waals surface area contributed by atoms with E-state index in [0.717, 1.165) is 38.9 Å². The van der Waals surface area contributed by atoms with E-state index in [4.69, 9.17) is 11.5 Å². The molecule has 82 valence electrons. The predicted molar refractivity (Wildman–Crippen MR) is 56.6 cm³/mol. The number of amides is 1. The molecule has 1 fully saturated rings. The second-order valence-electron chi connectivity index (χ2n) is 3.98. The summed E-state index contributed by atoms with van der Waals surface area (Å²) in [5, 5.41) is 0. The zero-order valence-electron chi connectivity index (χ0n) is 8.74. The average molecular weight is 199 g/mol. The third-order valence-corrected chi connectivity index (χ3v) is 2.74. The van der Waals surface area contributed by atoms with Crippen LogP contribution in [0.1, 0.15) is 25.7 Å². The third-order valence-electron chi connectivity index (χ3n) is 2.74. The van der Waals surface area contributed by atoms with Gasteiger partial charge in [-0.3, -0.25) is 4.79 Å². The van der Waals surface area contributed by atoms with Gasteiger partial charge >= 0.3 is 0 Å². The molecule has 1 saturated heterocycles. The van der Waals surface area contributed by atoms with Crippen LogP contribution in [0.4, 0.5) is 0 Å².